The molecule has 0 saturated carbocycles. The van der Waals surface area contributed by atoms with Crippen LogP contribution in [0.5, 0.6) is 0 Å². The molecule has 3 N–H and O–H groups in total. The van der Waals surface area contributed by atoms with E-state index in [9.17, 15) is 8.42 Å². The normalized spacial score (nSPS) is 10.9. The lowest BCUT2D eigenvalue weighted by atomic mass is 10.2. The first-order valence-corrected chi connectivity index (χ1v) is 7.35. The van der Waals surface area contributed by atoms with Crippen LogP contribution in [0.4, 0.5) is 10.8 Å². The van der Waals surface area contributed by atoms with Crippen LogP contribution in [0.2, 0.25) is 0 Å². The Morgan fingerprint density at radius 2 is 2.16 bits per heavy atom. The van der Waals surface area contributed by atoms with Gasteiger partial charge in [-0.2, -0.15) is 5.26 Å². The van der Waals surface area contributed by atoms with E-state index in [0.29, 0.717) is 10.6 Å². The van der Waals surface area contributed by atoms with Crippen molar-refractivity contribution in [3.05, 3.63) is 28.8 Å². The third-order valence-electron chi connectivity index (χ3n) is 2.18. The molecule has 0 radical (unpaired) electrons. The Morgan fingerprint density at radius 1 is 1.42 bits per heavy atom. The summed E-state index contributed by atoms with van der Waals surface area (Å²) in [4.78, 5) is -0.0978. The summed E-state index contributed by atoms with van der Waals surface area (Å²) < 4.78 is 26.5. The molecular weight excluding hydrogens is 286 g/mol. The lowest BCUT2D eigenvalue weighted by Gasteiger charge is -2.07. The lowest BCUT2D eigenvalue weighted by Crippen LogP contribution is -2.14. The second kappa shape index (κ2) is 4.83. The van der Waals surface area contributed by atoms with Gasteiger partial charge in [-0.3, -0.25) is 4.72 Å². The van der Waals surface area contributed by atoms with Gasteiger partial charge in [0, 0.05) is 0 Å². The molecule has 0 atom stereocenters. The Hall–Kier alpha value is -2.18. The molecule has 9 heteroatoms. The van der Waals surface area contributed by atoms with Crippen molar-refractivity contribution in [3.8, 4) is 6.07 Å². The number of nitrogen functional groups attached to an aromatic ring is 1. The molecule has 0 spiro atoms. The van der Waals surface area contributed by atoms with Gasteiger partial charge in [0.05, 0.1) is 17.3 Å². The van der Waals surface area contributed by atoms with Crippen molar-refractivity contribution < 1.29 is 8.42 Å². The van der Waals surface area contributed by atoms with Gasteiger partial charge in [-0.15, -0.1) is 10.2 Å². The number of sulfonamides is 1. The third-order valence-corrected chi connectivity index (χ3v) is 4.47. The molecule has 19 heavy (non-hydrogen) atoms. The van der Waals surface area contributed by atoms with Crippen LogP contribution in [0.1, 0.15) is 10.6 Å². The van der Waals surface area contributed by atoms with Crippen LogP contribution in [0.15, 0.2) is 23.1 Å². The van der Waals surface area contributed by atoms with Crippen molar-refractivity contribution in [1.82, 2.24) is 10.2 Å². The molecule has 0 fully saturated rings. The third kappa shape index (κ3) is 2.81. The van der Waals surface area contributed by atoms with Crippen molar-refractivity contribution in [2.75, 3.05) is 10.5 Å². The minimum Gasteiger partial charge on any atom is -0.398 e. The van der Waals surface area contributed by atoms with Gasteiger partial charge < -0.3 is 5.73 Å². The molecule has 0 aliphatic rings. The molecule has 1 heterocycles. The maximum Gasteiger partial charge on any atom is 0.265 e. The number of nitriles is 1. The summed E-state index contributed by atoms with van der Waals surface area (Å²) >= 11 is 1.12. The van der Waals surface area contributed by atoms with Gasteiger partial charge >= 0.3 is 0 Å². The molecule has 0 bridgehead atoms. The number of hydrogen-bond acceptors (Lipinski definition) is 7. The van der Waals surface area contributed by atoms with Crippen molar-refractivity contribution in [1.29, 1.82) is 5.26 Å². The van der Waals surface area contributed by atoms with Crippen molar-refractivity contribution >= 4 is 32.2 Å². The van der Waals surface area contributed by atoms with Gasteiger partial charge in [0.2, 0.25) is 5.13 Å². The first-order chi connectivity index (χ1) is 8.92. The van der Waals surface area contributed by atoms with Crippen LogP contribution in [0.3, 0.4) is 0 Å². The summed E-state index contributed by atoms with van der Waals surface area (Å²) in [6, 6.07) is 5.86. The molecule has 98 valence electrons. The number of aromatic nitrogens is 2. The quantitative estimate of drug-likeness (QED) is 0.818. The summed E-state index contributed by atoms with van der Waals surface area (Å²) in [5.41, 5.74) is 5.94. The second-order valence-corrected chi connectivity index (χ2v) is 6.43. The minimum atomic E-state index is -3.83. The van der Waals surface area contributed by atoms with Crippen LogP contribution in [-0.4, -0.2) is 18.6 Å². The Balaban J connectivity index is 2.37. The van der Waals surface area contributed by atoms with Crippen molar-refractivity contribution in [2.45, 2.75) is 11.8 Å². The Bertz CT molecular complexity index is 760. The van der Waals surface area contributed by atoms with Gasteiger partial charge in [0.1, 0.15) is 9.90 Å². The molecule has 1 aromatic carbocycles. The van der Waals surface area contributed by atoms with E-state index < -0.39 is 10.0 Å². The van der Waals surface area contributed by atoms with Gasteiger partial charge in [-0.25, -0.2) is 8.42 Å². The van der Waals surface area contributed by atoms with Crippen molar-refractivity contribution in [3.63, 3.8) is 0 Å². The number of nitrogens with zero attached hydrogens (tertiary/aromatic N) is 3. The van der Waals surface area contributed by atoms with E-state index in [0.717, 1.165) is 11.3 Å². The number of nitrogens with two attached hydrogens (primary N) is 1. The van der Waals surface area contributed by atoms with Gasteiger partial charge in [0.25, 0.3) is 10.0 Å². The van der Waals surface area contributed by atoms with E-state index in [-0.39, 0.29) is 15.7 Å². The monoisotopic (exact) mass is 295 g/mol. The van der Waals surface area contributed by atoms with Crippen LogP contribution in [0, 0.1) is 18.3 Å². The highest BCUT2D eigenvalue weighted by molar-refractivity contribution is 7.93. The lowest BCUT2D eigenvalue weighted by molar-refractivity contribution is 0.601. The molecule has 1 aromatic heterocycles. The molecule has 0 amide bonds. The van der Waals surface area contributed by atoms with E-state index in [1.165, 1.54) is 18.2 Å². The Kier molecular flexibility index (Phi) is 3.37. The maximum absolute atomic E-state index is 12.1. The zero-order valence-corrected chi connectivity index (χ0v) is 11.4. The first-order valence-electron chi connectivity index (χ1n) is 5.05. The molecular formula is C10H9N5O2S2. The molecule has 0 aliphatic heterocycles. The smallest absolute Gasteiger partial charge is 0.265 e. The van der Waals surface area contributed by atoms with Gasteiger partial charge in [-0.1, -0.05) is 11.3 Å². The number of hydrogen-bond donors (Lipinski definition) is 2. The SMILES string of the molecule is Cc1nnc(NS(=O)(=O)c2ccc(C#N)cc2N)s1. The highest BCUT2D eigenvalue weighted by atomic mass is 32.2. The number of aryl methyl sites for hydroxylation is 1. The van der Waals surface area contributed by atoms with E-state index in [4.69, 9.17) is 11.0 Å². The second-order valence-electron chi connectivity index (χ2n) is 3.60. The largest absolute Gasteiger partial charge is 0.398 e. The van der Waals surface area contributed by atoms with Gasteiger partial charge in [0.15, 0.2) is 0 Å². The summed E-state index contributed by atoms with van der Waals surface area (Å²) in [5.74, 6) is 0. The van der Waals surface area contributed by atoms with E-state index in [1.54, 1.807) is 6.92 Å². The van der Waals surface area contributed by atoms with Crippen molar-refractivity contribution in [2.24, 2.45) is 0 Å². The molecule has 0 unspecified atom stereocenters. The van der Waals surface area contributed by atoms with Gasteiger partial charge in [-0.05, 0) is 25.1 Å². The zero-order chi connectivity index (χ0) is 14.0. The predicted molar refractivity (Wildman–Crippen MR) is 71.0 cm³/mol. The summed E-state index contributed by atoms with van der Waals surface area (Å²) in [5, 5.41) is 16.9. The van der Waals surface area contributed by atoms with Crippen LogP contribution < -0.4 is 10.5 Å². The molecule has 0 aliphatic carbocycles. The average Bonchev–Trinajstić information content (AvgIpc) is 2.73. The zero-order valence-electron chi connectivity index (χ0n) is 9.78. The molecule has 7 nitrogen and oxygen atoms in total. The van der Waals surface area contributed by atoms with E-state index in [2.05, 4.69) is 14.9 Å². The molecule has 2 rings (SSSR count). The first kappa shape index (κ1) is 13.3. The van der Waals surface area contributed by atoms with Crippen LogP contribution in [0.25, 0.3) is 0 Å². The number of nitrogens with one attached hydrogen (secondary N) is 1. The minimum absolute atomic E-state index is 0.00721. The maximum atomic E-state index is 12.1. The molecule has 2 aromatic rings. The van der Waals surface area contributed by atoms with E-state index >= 15 is 0 Å². The Morgan fingerprint density at radius 3 is 2.68 bits per heavy atom. The van der Waals surface area contributed by atoms with Crippen LogP contribution >= 0.6 is 11.3 Å². The molecule has 0 saturated heterocycles. The summed E-state index contributed by atoms with van der Waals surface area (Å²) in [6.45, 7) is 1.71. The fourth-order valence-electron chi connectivity index (χ4n) is 1.37. The number of rotatable bonds is 3. The fraction of sp³-hybridized carbons (Fsp3) is 0.100. The fourth-order valence-corrected chi connectivity index (χ4v) is 3.31. The number of benzene rings is 1. The van der Waals surface area contributed by atoms with Crippen LogP contribution in [-0.2, 0) is 10.0 Å². The number of anilines is 2. The summed E-state index contributed by atoms with van der Waals surface area (Å²) in [7, 11) is -3.83. The highest BCUT2D eigenvalue weighted by Gasteiger charge is 2.19. The standard InChI is InChI=1S/C10H9N5O2S2/c1-6-13-14-10(18-6)15-19(16,17)9-3-2-7(5-11)4-8(9)12/h2-4H,12H2,1H3,(H,14,15). The summed E-state index contributed by atoms with van der Waals surface area (Å²) in [6.07, 6.45) is 0. The van der Waals surface area contributed by atoms with E-state index in [1.807, 2.05) is 6.07 Å². The Labute approximate surface area is 113 Å². The predicted octanol–water partition coefficient (Wildman–Crippen LogP) is 1.10. The average molecular weight is 295 g/mol. The topological polar surface area (TPSA) is 122 Å². The highest BCUT2D eigenvalue weighted by Crippen LogP contribution is 2.23.